The van der Waals surface area contributed by atoms with Crippen LogP contribution < -0.4 is 0 Å². The highest BCUT2D eigenvalue weighted by Gasteiger charge is 2.01. The third-order valence-electron chi connectivity index (χ3n) is 0.974. The molecular formula is C6H12O7. The van der Waals surface area contributed by atoms with Gasteiger partial charge >= 0.3 is 6.16 Å². The summed E-state index contributed by atoms with van der Waals surface area (Å²) >= 11 is 0. The second-order valence-electron chi connectivity index (χ2n) is 2.16. The van der Waals surface area contributed by atoms with Crippen LogP contribution in [0.4, 0.5) is 4.79 Å². The number of carbonyl (C=O) groups is 1. The molecule has 0 aliphatic carbocycles. The zero-order chi connectivity index (χ0) is 10.1. The number of hydrogen-bond donors (Lipinski definition) is 2. The van der Waals surface area contributed by atoms with Gasteiger partial charge in [0.15, 0.2) is 0 Å². The summed E-state index contributed by atoms with van der Waals surface area (Å²) in [6.07, 6.45) is -1.94. The lowest BCUT2D eigenvalue weighted by Gasteiger charge is -2.07. The molecule has 0 saturated carbocycles. The van der Waals surface area contributed by atoms with Gasteiger partial charge in [0.05, 0.1) is 13.2 Å². The minimum atomic E-state index is -1.51. The Kier molecular flexibility index (Phi) is 7.21. The van der Waals surface area contributed by atoms with Gasteiger partial charge in [0.25, 0.3) is 0 Å². The second kappa shape index (κ2) is 7.74. The molecule has 0 aliphatic rings. The first-order chi connectivity index (χ1) is 6.16. The van der Waals surface area contributed by atoms with Crippen LogP contribution in [0.5, 0.6) is 0 Å². The van der Waals surface area contributed by atoms with Gasteiger partial charge < -0.3 is 9.84 Å². The summed E-state index contributed by atoms with van der Waals surface area (Å²) in [4.78, 5) is 21.6. The van der Waals surface area contributed by atoms with Crippen LogP contribution in [-0.4, -0.2) is 42.4 Å². The Hall–Kier alpha value is -0.890. The molecule has 7 nitrogen and oxygen atoms in total. The van der Waals surface area contributed by atoms with Crippen molar-refractivity contribution < 1.29 is 34.6 Å². The molecular weight excluding hydrogens is 184 g/mol. The average Bonchev–Trinajstić information content (AvgIpc) is 2.10. The lowest BCUT2D eigenvalue weighted by atomic mass is 10.4. The van der Waals surface area contributed by atoms with Crippen LogP contribution in [0, 0.1) is 0 Å². The fraction of sp³-hybridized carbons (Fsp3) is 0.833. The Morgan fingerprint density at radius 3 is 2.69 bits per heavy atom. The lowest BCUT2D eigenvalue weighted by molar-refractivity contribution is -0.286. The van der Waals surface area contributed by atoms with E-state index in [0.29, 0.717) is 0 Å². The van der Waals surface area contributed by atoms with Crippen LogP contribution in [-0.2, 0) is 19.4 Å². The zero-order valence-corrected chi connectivity index (χ0v) is 7.13. The summed E-state index contributed by atoms with van der Waals surface area (Å²) in [5.74, 6) is 0. The van der Waals surface area contributed by atoms with Crippen LogP contribution in [0.25, 0.3) is 0 Å². The van der Waals surface area contributed by atoms with Crippen molar-refractivity contribution >= 4 is 6.16 Å². The molecule has 0 aromatic carbocycles. The van der Waals surface area contributed by atoms with Crippen LogP contribution in [0.2, 0.25) is 0 Å². The van der Waals surface area contributed by atoms with E-state index in [9.17, 15) is 4.79 Å². The highest BCUT2D eigenvalue weighted by molar-refractivity contribution is 5.55. The molecule has 0 heterocycles. The van der Waals surface area contributed by atoms with Gasteiger partial charge in [0.2, 0.25) is 0 Å². The summed E-state index contributed by atoms with van der Waals surface area (Å²) < 4.78 is 4.89. The molecule has 0 aliphatic heterocycles. The largest absolute Gasteiger partial charge is 0.537 e. The van der Waals surface area contributed by atoms with Gasteiger partial charge in [-0.15, -0.1) is 0 Å². The van der Waals surface area contributed by atoms with Gasteiger partial charge in [-0.05, 0) is 6.92 Å². The van der Waals surface area contributed by atoms with Crippen LogP contribution in [0.3, 0.4) is 0 Å². The van der Waals surface area contributed by atoms with E-state index in [0.717, 1.165) is 0 Å². The molecule has 0 fully saturated rings. The average molecular weight is 196 g/mol. The van der Waals surface area contributed by atoms with Gasteiger partial charge in [-0.2, -0.15) is 4.89 Å². The van der Waals surface area contributed by atoms with E-state index >= 15 is 0 Å². The third-order valence-corrected chi connectivity index (χ3v) is 0.974. The van der Waals surface area contributed by atoms with Gasteiger partial charge in [-0.3, -0.25) is 10.1 Å². The minimum Gasteiger partial charge on any atom is -0.448 e. The van der Waals surface area contributed by atoms with E-state index in [1.807, 2.05) is 0 Å². The van der Waals surface area contributed by atoms with E-state index in [1.54, 1.807) is 6.92 Å². The van der Waals surface area contributed by atoms with Gasteiger partial charge in [-0.1, -0.05) is 0 Å². The van der Waals surface area contributed by atoms with Crippen molar-refractivity contribution in [1.82, 2.24) is 0 Å². The lowest BCUT2D eigenvalue weighted by Crippen LogP contribution is -2.16. The van der Waals surface area contributed by atoms with Crippen molar-refractivity contribution in [3.05, 3.63) is 0 Å². The van der Waals surface area contributed by atoms with Crippen molar-refractivity contribution in [3.63, 3.8) is 0 Å². The van der Waals surface area contributed by atoms with Gasteiger partial charge in [-0.25, -0.2) is 9.68 Å². The monoisotopic (exact) mass is 196 g/mol. The molecule has 0 radical (unpaired) electrons. The van der Waals surface area contributed by atoms with Crippen molar-refractivity contribution in [3.8, 4) is 0 Å². The quantitative estimate of drug-likeness (QED) is 0.348. The van der Waals surface area contributed by atoms with E-state index in [1.165, 1.54) is 0 Å². The summed E-state index contributed by atoms with van der Waals surface area (Å²) in [5, 5.41) is 16.1. The van der Waals surface area contributed by atoms with Crippen LogP contribution in [0.1, 0.15) is 6.92 Å². The first kappa shape index (κ1) is 12.1. The summed E-state index contributed by atoms with van der Waals surface area (Å²) in [5.41, 5.74) is 0. The molecule has 0 amide bonds. The molecule has 0 aromatic rings. The fourth-order valence-electron chi connectivity index (χ4n) is 0.465. The SMILES string of the molecule is CC(COCCOOC(=O)O)OO. The summed E-state index contributed by atoms with van der Waals surface area (Å²) in [7, 11) is 0. The Bertz CT molecular complexity index is 137. The van der Waals surface area contributed by atoms with Crippen molar-refractivity contribution in [2.24, 2.45) is 0 Å². The molecule has 7 heteroatoms. The van der Waals surface area contributed by atoms with Gasteiger partial charge in [0, 0.05) is 0 Å². The molecule has 13 heavy (non-hydrogen) atoms. The maximum Gasteiger partial charge on any atom is 0.537 e. The van der Waals surface area contributed by atoms with Gasteiger partial charge in [0.1, 0.15) is 12.7 Å². The van der Waals surface area contributed by atoms with Crippen molar-refractivity contribution in [1.29, 1.82) is 0 Å². The normalized spacial score (nSPS) is 12.5. The van der Waals surface area contributed by atoms with E-state index < -0.39 is 12.3 Å². The number of rotatable bonds is 7. The van der Waals surface area contributed by atoms with Crippen LogP contribution >= 0.6 is 0 Å². The molecule has 0 saturated heterocycles. The molecule has 0 bridgehead atoms. The molecule has 0 aromatic heterocycles. The molecule has 2 N–H and O–H groups in total. The third kappa shape index (κ3) is 9.02. The summed E-state index contributed by atoms with van der Waals surface area (Å²) in [6.45, 7) is 1.94. The number of ether oxygens (including phenoxy) is 1. The number of carboxylic acid groups (broad SMARTS) is 1. The number of hydrogen-bond acceptors (Lipinski definition) is 6. The highest BCUT2D eigenvalue weighted by Crippen LogP contribution is 1.89. The molecule has 0 spiro atoms. The maximum atomic E-state index is 9.75. The fourth-order valence-corrected chi connectivity index (χ4v) is 0.465. The second-order valence-corrected chi connectivity index (χ2v) is 2.16. The molecule has 78 valence electrons. The van der Waals surface area contributed by atoms with E-state index in [4.69, 9.17) is 15.1 Å². The predicted molar refractivity (Wildman–Crippen MR) is 39.1 cm³/mol. The summed E-state index contributed by atoms with van der Waals surface area (Å²) in [6, 6.07) is 0. The molecule has 1 unspecified atom stereocenters. The van der Waals surface area contributed by atoms with E-state index in [-0.39, 0.29) is 19.8 Å². The zero-order valence-electron chi connectivity index (χ0n) is 7.13. The van der Waals surface area contributed by atoms with Crippen molar-refractivity contribution in [2.75, 3.05) is 19.8 Å². The smallest absolute Gasteiger partial charge is 0.448 e. The Morgan fingerprint density at radius 1 is 1.46 bits per heavy atom. The standard InChI is InChI=1S/C6H12O7/c1-5(12-9)4-10-2-3-11-13-6(7)8/h5,9H,2-4H2,1H3,(H,7,8). The Labute approximate surface area is 74.6 Å². The first-order valence-electron chi connectivity index (χ1n) is 3.57. The molecule has 1 atom stereocenters. The Balaban J connectivity index is 3.04. The molecule has 0 rings (SSSR count). The predicted octanol–water partition coefficient (Wildman–Crippen LogP) is 0.507. The Morgan fingerprint density at radius 2 is 2.15 bits per heavy atom. The minimum absolute atomic E-state index is 0.00948. The topological polar surface area (TPSA) is 94.5 Å². The van der Waals surface area contributed by atoms with E-state index in [2.05, 4.69) is 14.7 Å². The maximum absolute atomic E-state index is 9.75. The van der Waals surface area contributed by atoms with Crippen LogP contribution in [0.15, 0.2) is 0 Å². The first-order valence-corrected chi connectivity index (χ1v) is 3.57. The van der Waals surface area contributed by atoms with Crippen molar-refractivity contribution in [2.45, 2.75) is 13.0 Å². The highest BCUT2D eigenvalue weighted by atomic mass is 17.2.